The van der Waals surface area contributed by atoms with E-state index in [1.165, 1.54) is 0 Å². The van der Waals surface area contributed by atoms with E-state index in [1.54, 1.807) is 0 Å². The van der Waals surface area contributed by atoms with E-state index in [1.807, 2.05) is 6.92 Å². The van der Waals surface area contributed by atoms with Crippen LogP contribution in [0.2, 0.25) is 0 Å². The van der Waals surface area contributed by atoms with Crippen LogP contribution in [0.3, 0.4) is 0 Å². The second kappa shape index (κ2) is 6.01. The third-order valence-electron chi connectivity index (χ3n) is 3.69. The summed E-state index contributed by atoms with van der Waals surface area (Å²) >= 11 is 0. The minimum atomic E-state index is -3.00. The Labute approximate surface area is 99.7 Å². The Balaban J connectivity index is 2.77. The normalized spacial score (nSPS) is 22.2. The highest BCUT2D eigenvalue weighted by Gasteiger charge is 2.37. The van der Waals surface area contributed by atoms with E-state index in [0.717, 1.165) is 38.5 Å². The lowest BCUT2D eigenvalue weighted by Gasteiger charge is -2.25. The molecule has 0 heterocycles. The fourth-order valence-corrected chi connectivity index (χ4v) is 5.33. The quantitative estimate of drug-likeness (QED) is 0.783. The number of rotatable bonds is 6. The van der Waals surface area contributed by atoms with Crippen molar-refractivity contribution in [1.29, 1.82) is 0 Å². The summed E-state index contributed by atoms with van der Waals surface area (Å²) in [6, 6.07) is -0.180. The minimum Gasteiger partial charge on any atom is -0.327 e. The molecule has 2 unspecified atom stereocenters. The first-order chi connectivity index (χ1) is 7.54. The third-order valence-corrected chi connectivity index (χ3v) is 6.62. The first-order valence-electron chi connectivity index (χ1n) is 6.52. The maximum Gasteiger partial charge on any atom is 0.157 e. The predicted molar refractivity (Wildman–Crippen MR) is 68.1 cm³/mol. The summed E-state index contributed by atoms with van der Waals surface area (Å²) in [6.45, 7) is 3.99. The topological polar surface area (TPSA) is 60.2 Å². The van der Waals surface area contributed by atoms with Gasteiger partial charge in [-0.2, -0.15) is 0 Å². The van der Waals surface area contributed by atoms with Gasteiger partial charge in [0.2, 0.25) is 0 Å². The van der Waals surface area contributed by atoms with Crippen molar-refractivity contribution in [3.8, 4) is 0 Å². The van der Waals surface area contributed by atoms with Crippen molar-refractivity contribution in [1.82, 2.24) is 0 Å². The Morgan fingerprint density at radius 2 is 1.81 bits per heavy atom. The summed E-state index contributed by atoms with van der Waals surface area (Å²) in [5.41, 5.74) is 6.01. The largest absolute Gasteiger partial charge is 0.327 e. The van der Waals surface area contributed by atoms with Crippen LogP contribution in [-0.2, 0) is 9.84 Å². The predicted octanol–water partition coefficient (Wildman–Crippen LogP) is 2.25. The average Bonchev–Trinajstić information content (AvgIpc) is 2.71. The number of hydrogen-bond acceptors (Lipinski definition) is 3. The fraction of sp³-hybridized carbons (Fsp3) is 1.00. The van der Waals surface area contributed by atoms with Crippen molar-refractivity contribution < 1.29 is 8.42 Å². The van der Waals surface area contributed by atoms with Crippen LogP contribution >= 0.6 is 0 Å². The van der Waals surface area contributed by atoms with E-state index < -0.39 is 9.84 Å². The van der Waals surface area contributed by atoms with E-state index in [-0.39, 0.29) is 16.5 Å². The van der Waals surface area contributed by atoms with E-state index in [0.29, 0.717) is 6.42 Å². The number of hydrogen-bond donors (Lipinski definition) is 1. The molecule has 2 N–H and O–H groups in total. The monoisotopic (exact) mass is 247 g/mol. The Morgan fingerprint density at radius 3 is 2.25 bits per heavy atom. The van der Waals surface area contributed by atoms with E-state index in [4.69, 9.17) is 5.73 Å². The van der Waals surface area contributed by atoms with Gasteiger partial charge < -0.3 is 5.73 Å². The highest BCUT2D eigenvalue weighted by atomic mass is 32.2. The van der Waals surface area contributed by atoms with E-state index in [2.05, 4.69) is 6.92 Å². The van der Waals surface area contributed by atoms with Crippen LogP contribution < -0.4 is 5.73 Å². The van der Waals surface area contributed by atoms with Crippen molar-refractivity contribution >= 4 is 9.84 Å². The highest BCUT2D eigenvalue weighted by molar-refractivity contribution is 7.92. The second-order valence-electron chi connectivity index (χ2n) is 4.89. The summed E-state index contributed by atoms with van der Waals surface area (Å²) in [7, 11) is -3.00. The first-order valence-corrected chi connectivity index (χ1v) is 8.13. The molecule has 2 atom stereocenters. The lowest BCUT2D eigenvalue weighted by atomic mass is 10.1. The van der Waals surface area contributed by atoms with Gasteiger partial charge >= 0.3 is 0 Å². The molecule has 1 rings (SSSR count). The summed E-state index contributed by atoms with van der Waals surface area (Å²) in [5.74, 6) is 0. The van der Waals surface area contributed by atoms with Gasteiger partial charge in [-0.15, -0.1) is 0 Å². The van der Waals surface area contributed by atoms with Gasteiger partial charge in [0, 0.05) is 6.04 Å². The summed E-state index contributed by atoms with van der Waals surface area (Å²) in [4.78, 5) is 0. The van der Waals surface area contributed by atoms with Crippen LogP contribution in [0.5, 0.6) is 0 Å². The van der Waals surface area contributed by atoms with Gasteiger partial charge in [-0.1, -0.05) is 33.1 Å². The molecule has 1 aliphatic rings. The van der Waals surface area contributed by atoms with Gasteiger partial charge in [-0.25, -0.2) is 8.42 Å². The first kappa shape index (κ1) is 14.0. The van der Waals surface area contributed by atoms with Crippen molar-refractivity contribution in [2.75, 3.05) is 0 Å². The Bertz CT molecular complexity index is 294. The molecule has 16 heavy (non-hydrogen) atoms. The Kier molecular flexibility index (Phi) is 5.25. The molecule has 1 aliphatic carbocycles. The SMILES string of the molecule is CCCC(N)C(CC)S(=O)(=O)C1CCCC1. The minimum absolute atomic E-state index is 0.111. The molecule has 0 amide bonds. The van der Waals surface area contributed by atoms with Gasteiger partial charge in [0.25, 0.3) is 0 Å². The van der Waals surface area contributed by atoms with Crippen LogP contribution in [0.25, 0.3) is 0 Å². The van der Waals surface area contributed by atoms with Crippen LogP contribution in [0.1, 0.15) is 58.8 Å². The number of sulfone groups is 1. The molecule has 0 aromatic carbocycles. The molecule has 0 aliphatic heterocycles. The summed E-state index contributed by atoms with van der Waals surface area (Å²) in [5, 5.41) is -0.434. The molecule has 1 fully saturated rings. The van der Waals surface area contributed by atoms with Crippen LogP contribution in [0.15, 0.2) is 0 Å². The van der Waals surface area contributed by atoms with Crippen molar-refractivity contribution in [2.24, 2.45) is 5.73 Å². The lowest BCUT2D eigenvalue weighted by Crippen LogP contribution is -2.43. The zero-order chi connectivity index (χ0) is 12.2. The van der Waals surface area contributed by atoms with Crippen LogP contribution in [0, 0.1) is 0 Å². The van der Waals surface area contributed by atoms with Crippen molar-refractivity contribution in [3.05, 3.63) is 0 Å². The smallest absolute Gasteiger partial charge is 0.157 e. The maximum absolute atomic E-state index is 12.4. The molecule has 0 saturated heterocycles. The fourth-order valence-electron chi connectivity index (χ4n) is 2.76. The van der Waals surface area contributed by atoms with Crippen LogP contribution in [0.4, 0.5) is 0 Å². The lowest BCUT2D eigenvalue weighted by molar-refractivity contribution is 0.507. The van der Waals surface area contributed by atoms with Crippen molar-refractivity contribution in [2.45, 2.75) is 75.3 Å². The molecule has 0 spiro atoms. The molecule has 0 bridgehead atoms. The molecule has 0 aromatic heterocycles. The van der Waals surface area contributed by atoms with Gasteiger partial charge in [0.15, 0.2) is 9.84 Å². The van der Waals surface area contributed by atoms with Crippen molar-refractivity contribution in [3.63, 3.8) is 0 Å². The maximum atomic E-state index is 12.4. The van der Waals surface area contributed by atoms with Gasteiger partial charge in [-0.3, -0.25) is 0 Å². The molecule has 96 valence electrons. The molecule has 4 heteroatoms. The second-order valence-corrected chi connectivity index (χ2v) is 7.34. The molecular formula is C12H25NO2S. The summed E-state index contributed by atoms with van der Waals surface area (Å²) in [6.07, 6.45) is 6.23. The van der Waals surface area contributed by atoms with Crippen LogP contribution in [-0.4, -0.2) is 25.0 Å². The molecule has 3 nitrogen and oxygen atoms in total. The highest BCUT2D eigenvalue weighted by Crippen LogP contribution is 2.29. The average molecular weight is 247 g/mol. The van der Waals surface area contributed by atoms with Gasteiger partial charge in [0.05, 0.1) is 10.5 Å². The zero-order valence-electron chi connectivity index (χ0n) is 10.5. The van der Waals surface area contributed by atoms with E-state index in [9.17, 15) is 8.42 Å². The zero-order valence-corrected chi connectivity index (χ0v) is 11.3. The number of nitrogens with two attached hydrogens (primary N) is 1. The van der Waals surface area contributed by atoms with E-state index >= 15 is 0 Å². The molecule has 0 aromatic rings. The third kappa shape index (κ3) is 2.98. The van der Waals surface area contributed by atoms with Gasteiger partial charge in [0.1, 0.15) is 0 Å². The van der Waals surface area contributed by atoms with Gasteiger partial charge in [-0.05, 0) is 25.7 Å². The molecule has 1 saturated carbocycles. The standard InChI is InChI=1S/C12H25NO2S/c1-3-7-11(13)12(4-2)16(14,15)10-8-5-6-9-10/h10-12H,3-9,13H2,1-2H3. The molecule has 0 radical (unpaired) electrons. The Hall–Kier alpha value is -0.0900. The molecular weight excluding hydrogens is 222 g/mol. The summed E-state index contributed by atoms with van der Waals surface area (Å²) < 4.78 is 24.8. The Morgan fingerprint density at radius 1 is 1.25 bits per heavy atom.